The van der Waals surface area contributed by atoms with E-state index >= 15 is 0 Å². The molecule has 152 valence electrons. The molecule has 1 aromatic carbocycles. The molecule has 0 aromatic heterocycles. The van der Waals surface area contributed by atoms with Gasteiger partial charge in [0.25, 0.3) is 0 Å². The Bertz CT molecular complexity index is 1020. The van der Waals surface area contributed by atoms with Crippen LogP contribution in [0.5, 0.6) is 0 Å². The first-order valence-corrected chi connectivity index (χ1v) is 9.87. The summed E-state index contributed by atoms with van der Waals surface area (Å²) in [6.45, 7) is 10.1. The first kappa shape index (κ1) is 19.7. The summed E-state index contributed by atoms with van der Waals surface area (Å²) in [5, 5.41) is 22.7. The van der Waals surface area contributed by atoms with Crippen LogP contribution in [0.3, 0.4) is 0 Å². The van der Waals surface area contributed by atoms with E-state index in [1.54, 1.807) is 7.11 Å². The number of aliphatic hydroxyl groups is 2. The number of ether oxygens (including phenoxy) is 1. The number of carbonyl (C=O) groups excluding carboxylic acids is 1. The molecule has 0 heterocycles. The largest absolute Gasteiger partial charge is 0.507 e. The minimum atomic E-state index is -1.76. The number of benzene rings is 1. The standard InChI is InChI=1S/C24H27NO4/c1-12-5-6-15(11-29-4)19-10-16-9-17-7-8-18(14(3)25)13(2)24(17,28)23(27)21(16)22(26)20(12)19/h5-6,8,16-17,26,28H,2-3,7,9-11,25H2,1,4H3/t16-,17?,24+/m1/s1. The highest BCUT2D eigenvalue weighted by atomic mass is 16.5. The summed E-state index contributed by atoms with van der Waals surface area (Å²) in [4.78, 5) is 13.6. The van der Waals surface area contributed by atoms with Crippen LogP contribution in [0.25, 0.3) is 5.76 Å². The van der Waals surface area contributed by atoms with Crippen molar-refractivity contribution in [1.82, 2.24) is 0 Å². The lowest BCUT2D eigenvalue weighted by Crippen LogP contribution is -2.55. The van der Waals surface area contributed by atoms with Gasteiger partial charge in [0.05, 0.1) is 6.61 Å². The van der Waals surface area contributed by atoms with Crippen molar-refractivity contribution in [2.24, 2.45) is 17.6 Å². The van der Waals surface area contributed by atoms with Gasteiger partial charge in [0.15, 0.2) is 11.4 Å². The van der Waals surface area contributed by atoms with Gasteiger partial charge >= 0.3 is 0 Å². The molecule has 0 aliphatic heterocycles. The van der Waals surface area contributed by atoms with Crippen LogP contribution >= 0.6 is 0 Å². The highest BCUT2D eigenvalue weighted by Gasteiger charge is 2.56. The molecule has 0 spiro atoms. The minimum absolute atomic E-state index is 0.0287. The number of aryl methyl sites for hydroxylation is 1. The predicted octanol–water partition coefficient (Wildman–Crippen LogP) is 3.26. The van der Waals surface area contributed by atoms with Crippen LogP contribution in [-0.2, 0) is 22.6 Å². The molecule has 29 heavy (non-hydrogen) atoms. The molecule has 0 radical (unpaired) electrons. The number of Topliss-reactive ketones (excluding diaryl/α,β-unsaturated/α-hetero) is 1. The number of fused-ring (bicyclic) bond motifs is 3. The number of aliphatic hydroxyl groups excluding tert-OH is 1. The molecule has 4 N–H and O–H groups in total. The monoisotopic (exact) mass is 393 g/mol. The lowest BCUT2D eigenvalue weighted by atomic mass is 9.57. The molecule has 1 saturated carbocycles. The maximum Gasteiger partial charge on any atom is 0.199 e. The van der Waals surface area contributed by atoms with Gasteiger partial charge in [-0.15, -0.1) is 0 Å². The average Bonchev–Trinajstić information content (AvgIpc) is 2.66. The van der Waals surface area contributed by atoms with Gasteiger partial charge in [0, 0.05) is 29.9 Å². The van der Waals surface area contributed by atoms with Crippen LogP contribution in [0.2, 0.25) is 0 Å². The van der Waals surface area contributed by atoms with Gasteiger partial charge in [0.2, 0.25) is 0 Å². The van der Waals surface area contributed by atoms with Crippen molar-refractivity contribution >= 4 is 11.5 Å². The molecular weight excluding hydrogens is 366 g/mol. The number of methoxy groups -OCH3 is 1. The Hall–Kier alpha value is -2.63. The molecular formula is C24H27NO4. The quantitative estimate of drug-likeness (QED) is 0.733. The first-order valence-electron chi connectivity index (χ1n) is 9.87. The fourth-order valence-corrected chi connectivity index (χ4v) is 5.30. The van der Waals surface area contributed by atoms with Gasteiger partial charge < -0.3 is 20.7 Å². The van der Waals surface area contributed by atoms with Crippen molar-refractivity contribution in [3.63, 3.8) is 0 Å². The summed E-state index contributed by atoms with van der Waals surface area (Å²) in [6.07, 6.45) is 3.65. The molecule has 0 bridgehead atoms. The first-order chi connectivity index (χ1) is 13.7. The lowest BCUT2D eigenvalue weighted by molar-refractivity contribution is -0.139. The lowest BCUT2D eigenvalue weighted by Gasteiger charge is -2.48. The van der Waals surface area contributed by atoms with Gasteiger partial charge in [0.1, 0.15) is 5.76 Å². The molecule has 3 aliphatic carbocycles. The number of hydrogen-bond donors (Lipinski definition) is 3. The highest BCUT2D eigenvalue weighted by molar-refractivity contribution is 6.11. The van der Waals surface area contributed by atoms with E-state index < -0.39 is 11.4 Å². The zero-order chi connectivity index (χ0) is 21.1. The van der Waals surface area contributed by atoms with Crippen LogP contribution in [0.15, 0.2) is 53.8 Å². The van der Waals surface area contributed by atoms with Crippen molar-refractivity contribution < 1.29 is 19.7 Å². The van der Waals surface area contributed by atoms with E-state index in [0.717, 1.165) is 16.7 Å². The topological polar surface area (TPSA) is 92.8 Å². The number of allylic oxidation sites excluding steroid dienone is 2. The number of rotatable bonds is 3. The third-order valence-corrected chi connectivity index (χ3v) is 6.76. The predicted molar refractivity (Wildman–Crippen MR) is 112 cm³/mol. The van der Waals surface area contributed by atoms with E-state index in [4.69, 9.17) is 10.5 Å². The van der Waals surface area contributed by atoms with Gasteiger partial charge in [-0.25, -0.2) is 0 Å². The van der Waals surface area contributed by atoms with Gasteiger partial charge in [-0.2, -0.15) is 0 Å². The van der Waals surface area contributed by atoms with Crippen molar-refractivity contribution in [3.05, 3.63) is 76.0 Å². The Labute approximate surface area is 170 Å². The Morgan fingerprint density at radius 1 is 1.41 bits per heavy atom. The molecule has 3 aliphatic rings. The zero-order valence-corrected chi connectivity index (χ0v) is 16.9. The summed E-state index contributed by atoms with van der Waals surface area (Å²) in [7, 11) is 1.64. The number of carbonyl (C=O) groups is 1. The third kappa shape index (κ3) is 2.65. The van der Waals surface area contributed by atoms with E-state index in [0.29, 0.717) is 42.6 Å². The minimum Gasteiger partial charge on any atom is -0.507 e. The van der Waals surface area contributed by atoms with Crippen LogP contribution < -0.4 is 5.73 Å². The summed E-state index contributed by atoms with van der Waals surface area (Å²) in [5.74, 6) is -0.944. The number of nitrogens with two attached hydrogens (primary N) is 1. The molecule has 0 saturated heterocycles. The Morgan fingerprint density at radius 3 is 2.79 bits per heavy atom. The Balaban J connectivity index is 1.88. The average molecular weight is 393 g/mol. The molecule has 1 aromatic rings. The number of hydrogen-bond acceptors (Lipinski definition) is 5. The summed E-state index contributed by atoms with van der Waals surface area (Å²) >= 11 is 0. The second-order valence-corrected chi connectivity index (χ2v) is 8.38. The van der Waals surface area contributed by atoms with Gasteiger partial charge in [-0.3, -0.25) is 4.79 Å². The molecule has 1 unspecified atom stereocenters. The summed E-state index contributed by atoms with van der Waals surface area (Å²) < 4.78 is 5.33. The highest BCUT2D eigenvalue weighted by Crippen LogP contribution is 2.52. The van der Waals surface area contributed by atoms with Crippen molar-refractivity contribution in [1.29, 1.82) is 0 Å². The molecule has 3 atom stereocenters. The molecule has 5 heteroatoms. The van der Waals surface area contributed by atoms with E-state index in [1.807, 2.05) is 25.1 Å². The second kappa shape index (κ2) is 6.71. The molecule has 0 amide bonds. The third-order valence-electron chi connectivity index (χ3n) is 6.76. The van der Waals surface area contributed by atoms with Crippen LogP contribution in [-0.4, -0.2) is 28.7 Å². The van der Waals surface area contributed by atoms with Crippen LogP contribution in [0.4, 0.5) is 0 Å². The van der Waals surface area contributed by atoms with E-state index in [1.165, 1.54) is 0 Å². The molecule has 5 nitrogen and oxygen atoms in total. The smallest absolute Gasteiger partial charge is 0.199 e. The van der Waals surface area contributed by atoms with Gasteiger partial charge in [-0.05, 0) is 59.9 Å². The second-order valence-electron chi connectivity index (χ2n) is 8.38. The molecule has 4 rings (SSSR count). The fraction of sp³-hybridized carbons (Fsp3) is 0.375. The maximum absolute atomic E-state index is 13.6. The van der Waals surface area contributed by atoms with E-state index in [9.17, 15) is 15.0 Å². The van der Waals surface area contributed by atoms with E-state index in [2.05, 4.69) is 13.2 Å². The SMILES string of the molecule is C=C(N)C1=CCC2C[C@@H]3Cc4c(COC)ccc(C)c4C(O)=C3C(=O)[C@]2(O)C1=C. The Kier molecular flexibility index (Phi) is 4.56. The maximum atomic E-state index is 13.6. The van der Waals surface area contributed by atoms with Crippen molar-refractivity contribution in [2.45, 2.75) is 38.4 Å². The van der Waals surface area contributed by atoms with Gasteiger partial charge in [-0.1, -0.05) is 31.4 Å². The van der Waals surface area contributed by atoms with Crippen LogP contribution in [0.1, 0.15) is 35.1 Å². The summed E-state index contributed by atoms with van der Waals surface area (Å²) in [5.41, 5.74) is 9.10. The van der Waals surface area contributed by atoms with Crippen molar-refractivity contribution in [3.8, 4) is 0 Å². The zero-order valence-electron chi connectivity index (χ0n) is 16.9. The molecule has 1 fully saturated rings. The number of ketones is 1. The summed E-state index contributed by atoms with van der Waals surface area (Å²) in [6, 6.07) is 3.94. The van der Waals surface area contributed by atoms with Crippen molar-refractivity contribution in [2.75, 3.05) is 7.11 Å². The fourth-order valence-electron chi connectivity index (χ4n) is 5.30. The van der Waals surface area contributed by atoms with Crippen LogP contribution in [0, 0.1) is 18.8 Å². The Morgan fingerprint density at radius 2 is 2.14 bits per heavy atom. The normalized spacial score (nSPS) is 28.4. The van der Waals surface area contributed by atoms with E-state index in [-0.39, 0.29) is 28.9 Å².